The Morgan fingerprint density at radius 3 is 1.86 bits per heavy atom. The van der Waals surface area contributed by atoms with Gasteiger partial charge in [-0.2, -0.15) is 4.98 Å². The molecule has 0 bridgehead atoms. The van der Waals surface area contributed by atoms with E-state index in [1.807, 2.05) is 28.7 Å². The van der Waals surface area contributed by atoms with Gasteiger partial charge in [-0.1, -0.05) is 115 Å². The van der Waals surface area contributed by atoms with Crippen LogP contribution in [0.5, 0.6) is 5.88 Å². The maximum Gasteiger partial charge on any atom is 0.222 e. The van der Waals surface area contributed by atoms with Crippen molar-refractivity contribution < 1.29 is 4.74 Å². The summed E-state index contributed by atoms with van der Waals surface area (Å²) in [4.78, 5) is 10.3. The second kappa shape index (κ2) is 12.3. The van der Waals surface area contributed by atoms with Crippen molar-refractivity contribution in [1.82, 2.24) is 14.5 Å². The van der Waals surface area contributed by atoms with Gasteiger partial charge in [-0.3, -0.25) is 0 Å². The zero-order valence-corrected chi connectivity index (χ0v) is 32.6. The van der Waals surface area contributed by atoms with Gasteiger partial charge in [-0.05, 0) is 71.8 Å². The van der Waals surface area contributed by atoms with E-state index in [4.69, 9.17) is 14.7 Å². The van der Waals surface area contributed by atoms with Gasteiger partial charge in [-0.25, -0.2) is 4.98 Å². The van der Waals surface area contributed by atoms with E-state index in [2.05, 4.69) is 174 Å². The average molecular weight is 778 g/mol. The minimum atomic E-state index is -0.0592. The molecule has 272 valence electrons. The quantitative estimate of drug-likeness (QED) is 0.179. The van der Waals surface area contributed by atoms with Gasteiger partial charge in [0.15, 0.2) is 5.82 Å². The van der Waals surface area contributed by atoms with E-state index in [9.17, 15) is 0 Å². The Balaban J connectivity index is 0.876. The molecule has 2 aliphatic rings. The summed E-state index contributed by atoms with van der Waals surface area (Å²) in [6, 6.07) is 55.3. The van der Waals surface area contributed by atoms with Gasteiger partial charge < -0.3 is 9.30 Å². The first-order chi connectivity index (χ1) is 28.7. The Hall–Kier alpha value is -6.86. The molecule has 2 atom stereocenters. The number of ether oxygens (including phenoxy) is 1. The van der Waals surface area contributed by atoms with E-state index in [1.165, 1.54) is 79.0 Å². The summed E-state index contributed by atoms with van der Waals surface area (Å²) in [5.74, 6) is 1.46. The van der Waals surface area contributed by atoms with Crippen molar-refractivity contribution in [1.29, 1.82) is 0 Å². The predicted molar refractivity (Wildman–Crippen MR) is 244 cm³/mol. The van der Waals surface area contributed by atoms with Gasteiger partial charge >= 0.3 is 0 Å². The molecular weight excluding hydrogens is 747 g/mol. The highest BCUT2D eigenvalue weighted by atomic mass is 32.1. The van der Waals surface area contributed by atoms with E-state index in [0.29, 0.717) is 11.7 Å². The molecule has 0 amide bonds. The highest BCUT2D eigenvalue weighted by Crippen LogP contribution is 2.47. The molecule has 0 spiro atoms. The number of fused-ring (bicyclic) bond motifs is 12. The first kappa shape index (κ1) is 32.2. The summed E-state index contributed by atoms with van der Waals surface area (Å²) >= 11 is 3.69. The first-order valence-corrected chi connectivity index (χ1v) is 21.3. The molecule has 1 aliphatic carbocycles. The third kappa shape index (κ3) is 4.79. The number of benzene rings is 7. The maximum atomic E-state index is 6.43. The van der Waals surface area contributed by atoms with Crippen molar-refractivity contribution in [2.45, 2.75) is 12.0 Å². The molecule has 7 aromatic carbocycles. The molecule has 4 nitrogen and oxygen atoms in total. The number of hydrogen-bond acceptors (Lipinski definition) is 5. The van der Waals surface area contributed by atoms with Gasteiger partial charge in [-0.15, -0.1) is 22.7 Å². The number of para-hydroxylation sites is 2. The van der Waals surface area contributed by atoms with Crippen molar-refractivity contribution >= 4 is 84.8 Å². The number of nitrogens with zero attached hydrogens (tertiary/aromatic N) is 3. The van der Waals surface area contributed by atoms with Crippen LogP contribution in [0.3, 0.4) is 0 Å². The summed E-state index contributed by atoms with van der Waals surface area (Å²) in [7, 11) is 0. The van der Waals surface area contributed by atoms with Crippen LogP contribution in [0.25, 0.3) is 102 Å². The molecule has 4 aromatic heterocycles. The van der Waals surface area contributed by atoms with Gasteiger partial charge in [0.2, 0.25) is 5.88 Å². The summed E-state index contributed by atoms with van der Waals surface area (Å²) in [5.41, 5.74) is 10.2. The lowest BCUT2D eigenvalue weighted by Gasteiger charge is -2.15. The first-order valence-electron chi connectivity index (χ1n) is 19.6. The Bertz CT molecular complexity index is 3520. The number of aromatic nitrogens is 3. The van der Waals surface area contributed by atoms with Crippen LogP contribution in [-0.4, -0.2) is 20.6 Å². The van der Waals surface area contributed by atoms with Crippen LogP contribution in [0.2, 0.25) is 0 Å². The lowest BCUT2D eigenvalue weighted by Crippen LogP contribution is -2.16. The number of hydrogen-bond donors (Lipinski definition) is 0. The molecule has 0 N–H and O–H groups in total. The highest BCUT2D eigenvalue weighted by Gasteiger charge is 2.37. The summed E-state index contributed by atoms with van der Waals surface area (Å²) in [6.45, 7) is 0. The molecule has 6 heteroatoms. The van der Waals surface area contributed by atoms with Crippen LogP contribution in [0.4, 0.5) is 0 Å². The van der Waals surface area contributed by atoms with E-state index in [0.717, 1.165) is 22.4 Å². The summed E-state index contributed by atoms with van der Waals surface area (Å²) in [6.07, 6.45) is 8.40. The van der Waals surface area contributed by atoms with Crippen LogP contribution in [-0.2, 0) is 0 Å². The van der Waals surface area contributed by atoms with Crippen LogP contribution >= 0.6 is 22.7 Å². The van der Waals surface area contributed by atoms with E-state index in [-0.39, 0.29) is 12.0 Å². The Morgan fingerprint density at radius 2 is 1.09 bits per heavy atom. The van der Waals surface area contributed by atoms with Crippen molar-refractivity contribution in [3.63, 3.8) is 0 Å². The van der Waals surface area contributed by atoms with Gasteiger partial charge in [0.25, 0.3) is 0 Å². The average Bonchev–Trinajstić information content (AvgIpc) is 4.04. The Kier molecular flexibility index (Phi) is 6.85. The van der Waals surface area contributed by atoms with E-state index in [1.54, 1.807) is 0 Å². The summed E-state index contributed by atoms with van der Waals surface area (Å²) in [5, 5.41) is 7.66. The maximum absolute atomic E-state index is 6.43. The zero-order chi connectivity index (χ0) is 37.9. The summed E-state index contributed by atoms with van der Waals surface area (Å²) < 4.78 is 13.9. The molecule has 0 radical (unpaired) electrons. The number of allylic oxidation sites excluding steroid dienone is 2. The zero-order valence-electron chi connectivity index (χ0n) is 31.0. The fraction of sp³-hybridized carbons (Fsp3) is 0.0385. The largest absolute Gasteiger partial charge is 0.469 e. The van der Waals surface area contributed by atoms with Crippen LogP contribution in [0, 0.1) is 0 Å². The lowest BCUT2D eigenvalue weighted by atomic mass is 9.90. The van der Waals surface area contributed by atoms with Gasteiger partial charge in [0.05, 0.1) is 28.2 Å². The molecule has 58 heavy (non-hydrogen) atoms. The standard InChI is InChI=1S/C52H31N3OS2/c1-2-10-30(11-3-1)50-49-39-14-6-9-17-44(39)56-52(49)54-51(53-50)33-19-23-37-40-26-31(20-24-45(40)57-48(37)28-33)32-18-22-38-41-29-34(21-25-46(41)58-47(38)27-32)55-42-15-7-4-12-35(42)36-13-5-8-16-43(36)55/h1-29,39,44H. The molecule has 11 aromatic rings. The van der Waals surface area contributed by atoms with Crippen LogP contribution in [0.1, 0.15) is 11.5 Å². The van der Waals surface area contributed by atoms with E-state index >= 15 is 0 Å². The normalized spacial score (nSPS) is 15.9. The molecule has 0 saturated carbocycles. The van der Waals surface area contributed by atoms with Crippen LogP contribution < -0.4 is 4.74 Å². The molecule has 13 rings (SSSR count). The number of thiophene rings is 2. The molecule has 1 aliphatic heterocycles. The second-order valence-corrected chi connectivity index (χ2v) is 17.4. The van der Waals surface area contributed by atoms with Crippen molar-refractivity contribution in [2.75, 3.05) is 0 Å². The lowest BCUT2D eigenvalue weighted by molar-refractivity contribution is 0.260. The fourth-order valence-corrected chi connectivity index (χ4v) is 11.5. The van der Waals surface area contributed by atoms with E-state index < -0.39 is 0 Å². The minimum absolute atomic E-state index is 0.0592. The third-order valence-corrected chi connectivity index (χ3v) is 14.2. The van der Waals surface area contributed by atoms with Gasteiger partial charge in [0.1, 0.15) is 6.10 Å². The number of rotatable bonds is 4. The molecule has 0 saturated heterocycles. The second-order valence-electron chi connectivity index (χ2n) is 15.2. The Morgan fingerprint density at radius 1 is 0.466 bits per heavy atom. The van der Waals surface area contributed by atoms with Crippen LogP contribution in [0.15, 0.2) is 176 Å². The van der Waals surface area contributed by atoms with Crippen molar-refractivity contribution in [2.24, 2.45) is 0 Å². The fourth-order valence-electron chi connectivity index (χ4n) is 9.25. The highest BCUT2D eigenvalue weighted by molar-refractivity contribution is 7.26. The third-order valence-electron chi connectivity index (χ3n) is 12.0. The minimum Gasteiger partial charge on any atom is -0.469 e. The molecular formula is C52H31N3OS2. The van der Waals surface area contributed by atoms with Crippen molar-refractivity contribution in [3.05, 3.63) is 182 Å². The Labute approximate surface area is 341 Å². The molecule has 2 unspecified atom stereocenters. The van der Waals surface area contributed by atoms with Crippen molar-refractivity contribution in [3.8, 4) is 45.3 Å². The SMILES string of the molecule is C1=CC2Oc3nc(-c4ccc5c(c4)sc4ccc(-c6ccc7c(c6)sc6ccc(-n8c9ccccc9c9ccccc98)cc67)cc45)nc(-c4ccccc4)c3C2C=C1. The predicted octanol–water partition coefficient (Wildman–Crippen LogP) is 14.3. The molecule has 5 heterocycles. The smallest absolute Gasteiger partial charge is 0.222 e. The molecule has 0 fully saturated rings. The van der Waals surface area contributed by atoms with Gasteiger partial charge in [0, 0.05) is 67.9 Å². The topological polar surface area (TPSA) is 39.9 Å². The monoisotopic (exact) mass is 777 g/mol.